The van der Waals surface area contributed by atoms with E-state index in [1.807, 2.05) is 30.3 Å². The Morgan fingerprint density at radius 1 is 1.09 bits per heavy atom. The summed E-state index contributed by atoms with van der Waals surface area (Å²) in [6.07, 6.45) is 2.25. The van der Waals surface area contributed by atoms with Gasteiger partial charge in [-0.1, -0.05) is 47.7 Å². The maximum atomic E-state index is 12.0. The Morgan fingerprint density at radius 3 is 2.65 bits per heavy atom. The van der Waals surface area contributed by atoms with Crippen molar-refractivity contribution in [3.05, 3.63) is 75.7 Å². The van der Waals surface area contributed by atoms with Crippen LogP contribution in [0.25, 0.3) is 0 Å². The van der Waals surface area contributed by atoms with Gasteiger partial charge in [0.1, 0.15) is 11.6 Å². The highest BCUT2D eigenvalue weighted by molar-refractivity contribution is 7.15. The third kappa shape index (κ3) is 4.10. The van der Waals surface area contributed by atoms with Crippen LogP contribution in [0.5, 0.6) is 0 Å². The summed E-state index contributed by atoms with van der Waals surface area (Å²) in [6.45, 7) is -0.0483. The molecule has 0 aliphatic rings. The summed E-state index contributed by atoms with van der Waals surface area (Å²) in [5, 5.41) is 12.0. The molecule has 0 spiro atoms. The van der Waals surface area contributed by atoms with Gasteiger partial charge in [-0.05, 0) is 11.6 Å². The van der Waals surface area contributed by atoms with Crippen LogP contribution in [0.3, 0.4) is 0 Å². The first-order chi connectivity index (χ1) is 11.2. The predicted molar refractivity (Wildman–Crippen MR) is 88.5 cm³/mol. The smallest absolute Gasteiger partial charge is 0.250 e. The molecule has 1 N–H and O–H groups in total. The minimum atomic E-state index is -0.305. The number of carbonyl (C=O) groups is 1. The largest absolute Gasteiger partial charge is 0.306 e. The summed E-state index contributed by atoms with van der Waals surface area (Å²) in [7, 11) is 0. The van der Waals surface area contributed by atoms with Gasteiger partial charge in [-0.25, -0.2) is 0 Å². The van der Waals surface area contributed by atoms with E-state index >= 15 is 0 Å². The second-order valence-corrected chi connectivity index (χ2v) is 5.94. The van der Waals surface area contributed by atoms with Gasteiger partial charge in [-0.2, -0.15) is 0 Å². The van der Waals surface area contributed by atoms with E-state index < -0.39 is 0 Å². The van der Waals surface area contributed by atoms with E-state index in [0.29, 0.717) is 11.6 Å². The van der Waals surface area contributed by atoms with Crippen LogP contribution in [0, 0.1) is 0 Å². The molecule has 0 aliphatic heterocycles. The predicted octanol–water partition coefficient (Wildman–Crippen LogP) is 1.93. The van der Waals surface area contributed by atoms with Crippen molar-refractivity contribution in [1.29, 1.82) is 0 Å². The van der Waals surface area contributed by atoms with Crippen LogP contribution in [0.2, 0.25) is 0 Å². The van der Waals surface area contributed by atoms with Gasteiger partial charge in [-0.15, -0.1) is 10.2 Å². The topological polar surface area (TPSA) is 76.9 Å². The molecule has 0 bridgehead atoms. The van der Waals surface area contributed by atoms with Gasteiger partial charge < -0.3 is 4.57 Å². The molecule has 0 saturated carbocycles. The molecular formula is C16H14N4O2S. The Bertz CT molecular complexity index is 858. The number of rotatable bonds is 5. The summed E-state index contributed by atoms with van der Waals surface area (Å²) in [4.78, 5) is 23.5. The van der Waals surface area contributed by atoms with E-state index in [9.17, 15) is 9.59 Å². The van der Waals surface area contributed by atoms with Crippen molar-refractivity contribution < 1.29 is 4.79 Å². The van der Waals surface area contributed by atoms with Crippen LogP contribution in [0.15, 0.2) is 59.5 Å². The molecule has 7 heteroatoms. The molecule has 1 amide bonds. The molecule has 3 rings (SSSR count). The van der Waals surface area contributed by atoms with Gasteiger partial charge in [-0.3, -0.25) is 14.9 Å². The van der Waals surface area contributed by atoms with Crippen molar-refractivity contribution in [3.63, 3.8) is 0 Å². The van der Waals surface area contributed by atoms with Crippen molar-refractivity contribution in [2.45, 2.75) is 13.0 Å². The fourth-order valence-corrected chi connectivity index (χ4v) is 2.84. The quantitative estimate of drug-likeness (QED) is 0.777. The number of anilines is 1. The van der Waals surface area contributed by atoms with Crippen LogP contribution < -0.4 is 10.9 Å². The zero-order valence-electron chi connectivity index (χ0n) is 12.2. The number of hydrogen-bond acceptors (Lipinski definition) is 5. The molecule has 2 heterocycles. The van der Waals surface area contributed by atoms with Crippen LogP contribution in [0.1, 0.15) is 10.6 Å². The number of pyridine rings is 1. The van der Waals surface area contributed by atoms with Crippen LogP contribution in [0.4, 0.5) is 5.13 Å². The highest BCUT2D eigenvalue weighted by Gasteiger charge is 2.09. The lowest BCUT2D eigenvalue weighted by Gasteiger charge is -2.03. The molecule has 0 saturated heterocycles. The van der Waals surface area contributed by atoms with Crippen molar-refractivity contribution in [2.75, 3.05) is 5.32 Å². The van der Waals surface area contributed by atoms with E-state index in [-0.39, 0.29) is 18.0 Å². The van der Waals surface area contributed by atoms with Gasteiger partial charge in [0, 0.05) is 18.7 Å². The molecule has 1 aromatic carbocycles. The molecule has 0 atom stereocenters. The molecule has 0 fully saturated rings. The number of aromatic nitrogens is 3. The lowest BCUT2D eigenvalue weighted by molar-refractivity contribution is -0.116. The average molecular weight is 326 g/mol. The maximum Gasteiger partial charge on any atom is 0.250 e. The minimum Gasteiger partial charge on any atom is -0.306 e. The fourth-order valence-electron chi connectivity index (χ4n) is 2.05. The lowest BCUT2D eigenvalue weighted by Crippen LogP contribution is -2.26. The maximum absolute atomic E-state index is 12.0. The molecular weight excluding hydrogens is 312 g/mol. The summed E-state index contributed by atoms with van der Waals surface area (Å²) in [5.41, 5.74) is 0.919. The highest BCUT2D eigenvalue weighted by atomic mass is 32.1. The van der Waals surface area contributed by atoms with E-state index in [1.165, 1.54) is 22.0 Å². The molecule has 3 aromatic rings. The Morgan fingerprint density at radius 2 is 1.87 bits per heavy atom. The molecule has 6 nitrogen and oxygen atoms in total. The van der Waals surface area contributed by atoms with Crippen molar-refractivity contribution in [1.82, 2.24) is 14.8 Å². The van der Waals surface area contributed by atoms with Crippen molar-refractivity contribution in [3.8, 4) is 0 Å². The Balaban J connectivity index is 1.61. The van der Waals surface area contributed by atoms with Crippen molar-refractivity contribution in [2.24, 2.45) is 0 Å². The number of benzene rings is 1. The first kappa shape index (κ1) is 15.1. The molecule has 2 aromatic heterocycles. The molecule has 0 radical (unpaired) electrons. The summed E-state index contributed by atoms with van der Waals surface area (Å²) >= 11 is 1.33. The third-order valence-corrected chi connectivity index (χ3v) is 3.96. The average Bonchev–Trinajstić information content (AvgIpc) is 2.97. The van der Waals surface area contributed by atoms with E-state index in [2.05, 4.69) is 15.5 Å². The number of carbonyl (C=O) groups excluding carboxylic acids is 1. The van der Waals surface area contributed by atoms with Crippen LogP contribution in [-0.4, -0.2) is 20.7 Å². The van der Waals surface area contributed by atoms with Gasteiger partial charge in [0.15, 0.2) is 0 Å². The van der Waals surface area contributed by atoms with Crippen LogP contribution >= 0.6 is 11.3 Å². The Labute approximate surface area is 136 Å². The molecule has 0 unspecified atom stereocenters. The second-order valence-electron chi connectivity index (χ2n) is 4.88. The van der Waals surface area contributed by atoms with E-state index in [0.717, 1.165) is 10.6 Å². The number of nitrogens with one attached hydrogen (secondary N) is 1. The van der Waals surface area contributed by atoms with Gasteiger partial charge >= 0.3 is 0 Å². The normalized spacial score (nSPS) is 10.4. The summed E-state index contributed by atoms with van der Waals surface area (Å²) in [5.74, 6) is -0.305. The Kier molecular flexibility index (Phi) is 4.58. The Hall–Kier alpha value is -2.80. The van der Waals surface area contributed by atoms with E-state index in [1.54, 1.807) is 18.3 Å². The minimum absolute atomic E-state index is 0.0483. The zero-order valence-corrected chi connectivity index (χ0v) is 13.0. The van der Waals surface area contributed by atoms with E-state index in [4.69, 9.17) is 0 Å². The monoisotopic (exact) mass is 326 g/mol. The van der Waals surface area contributed by atoms with Gasteiger partial charge in [0.25, 0.3) is 5.56 Å². The van der Waals surface area contributed by atoms with Crippen molar-refractivity contribution >= 4 is 22.4 Å². The first-order valence-electron chi connectivity index (χ1n) is 7.02. The first-order valence-corrected chi connectivity index (χ1v) is 7.84. The fraction of sp³-hybridized carbons (Fsp3) is 0.125. The second kappa shape index (κ2) is 6.97. The summed E-state index contributed by atoms with van der Waals surface area (Å²) in [6, 6.07) is 14.7. The van der Waals surface area contributed by atoms with Crippen LogP contribution in [-0.2, 0) is 17.8 Å². The third-order valence-electron chi connectivity index (χ3n) is 3.12. The molecule has 0 aliphatic carbocycles. The summed E-state index contributed by atoms with van der Waals surface area (Å²) < 4.78 is 1.33. The van der Waals surface area contributed by atoms with Gasteiger partial charge in [0.05, 0.1) is 0 Å². The zero-order chi connectivity index (χ0) is 16.1. The molecule has 116 valence electrons. The number of amides is 1. The standard InChI is InChI=1S/C16H14N4O2S/c21-13(11-20-9-5-4-8-15(20)22)17-16-19-18-14(23-16)10-12-6-2-1-3-7-12/h1-9H,10-11H2,(H,17,19,21). The lowest BCUT2D eigenvalue weighted by atomic mass is 10.2. The number of hydrogen-bond donors (Lipinski definition) is 1. The number of nitrogens with zero attached hydrogens (tertiary/aromatic N) is 3. The highest BCUT2D eigenvalue weighted by Crippen LogP contribution is 2.18. The SMILES string of the molecule is O=C(Cn1ccccc1=O)Nc1nnc(Cc2ccccc2)s1. The molecule has 23 heavy (non-hydrogen) atoms. The van der Waals surface area contributed by atoms with Gasteiger partial charge in [0.2, 0.25) is 11.0 Å².